The van der Waals surface area contributed by atoms with Crippen LogP contribution in [0.2, 0.25) is 0 Å². The van der Waals surface area contributed by atoms with E-state index >= 15 is 0 Å². The summed E-state index contributed by atoms with van der Waals surface area (Å²) in [6, 6.07) is 0. The van der Waals surface area contributed by atoms with E-state index < -0.39 is 7.25 Å². The van der Waals surface area contributed by atoms with Crippen molar-refractivity contribution in [2.75, 3.05) is 26.7 Å². The van der Waals surface area contributed by atoms with Crippen LogP contribution in [0.15, 0.2) is 0 Å². The Balaban J connectivity index is 0.000000385. The number of rotatable bonds is 3. The molecule has 1 fully saturated rings. The van der Waals surface area contributed by atoms with Gasteiger partial charge in [-0.1, -0.05) is 13.3 Å². The maximum absolute atomic E-state index is 9.75. The number of likely N-dealkylation sites (N-methyl/N-ethyl adjacent to an activating group) is 1. The zero-order chi connectivity index (χ0) is 12.8. The van der Waals surface area contributed by atoms with Crippen LogP contribution in [-0.2, 0) is 0 Å². The lowest BCUT2D eigenvalue weighted by Gasteiger charge is -2.20. The highest BCUT2D eigenvalue weighted by atomic mass is 19.5. The van der Waals surface area contributed by atoms with E-state index in [-0.39, 0.29) is 0 Å². The van der Waals surface area contributed by atoms with Crippen molar-refractivity contribution in [2.45, 2.75) is 32.9 Å². The molecule has 0 amide bonds. The first-order chi connectivity index (χ1) is 7.25. The summed E-state index contributed by atoms with van der Waals surface area (Å²) in [4.78, 5) is 4.22. The number of halogens is 4. The topological polar surface area (TPSA) is 7.68 Å². The molecular weight excluding hydrogens is 223 g/mol. The molecular formula is C9H21BF4N2. The van der Waals surface area contributed by atoms with Gasteiger partial charge in [-0.2, -0.15) is 0 Å². The molecule has 2 atom stereocenters. The normalized spacial score (nSPS) is 26.4. The van der Waals surface area contributed by atoms with E-state index in [9.17, 15) is 17.3 Å². The SMILES string of the molecule is CCCC[NH+]1CCN(C)C1C.F[B-](F)(F)F. The lowest BCUT2D eigenvalue weighted by molar-refractivity contribution is -0.916. The Labute approximate surface area is 94.7 Å². The van der Waals surface area contributed by atoms with Crippen LogP contribution in [0.4, 0.5) is 17.3 Å². The van der Waals surface area contributed by atoms with Crippen molar-refractivity contribution in [1.82, 2.24) is 4.90 Å². The predicted molar refractivity (Wildman–Crippen MR) is 57.9 cm³/mol. The van der Waals surface area contributed by atoms with Crippen molar-refractivity contribution in [3.63, 3.8) is 0 Å². The number of nitrogens with one attached hydrogen (secondary N) is 1. The minimum absolute atomic E-state index is 0.751. The molecule has 7 heteroatoms. The molecule has 0 aromatic carbocycles. The fraction of sp³-hybridized carbons (Fsp3) is 1.00. The Morgan fingerprint density at radius 1 is 1.31 bits per heavy atom. The van der Waals surface area contributed by atoms with Gasteiger partial charge in [0.2, 0.25) is 0 Å². The summed E-state index contributed by atoms with van der Waals surface area (Å²) >= 11 is 0. The van der Waals surface area contributed by atoms with E-state index in [2.05, 4.69) is 25.8 Å². The number of nitrogens with zero attached hydrogens (tertiary/aromatic N) is 1. The third-order valence-electron chi connectivity index (χ3n) is 2.89. The molecule has 98 valence electrons. The summed E-state index contributed by atoms with van der Waals surface area (Å²) in [7, 11) is -3.77. The molecule has 2 nitrogen and oxygen atoms in total. The molecule has 0 spiro atoms. The van der Waals surface area contributed by atoms with Crippen molar-refractivity contribution in [2.24, 2.45) is 0 Å². The second kappa shape index (κ2) is 7.11. The summed E-state index contributed by atoms with van der Waals surface area (Å²) in [6.45, 7) is 8.59. The molecule has 0 aliphatic carbocycles. The molecule has 1 aliphatic rings. The van der Waals surface area contributed by atoms with E-state index in [1.165, 1.54) is 32.5 Å². The second-order valence-electron chi connectivity index (χ2n) is 4.16. The molecule has 1 N–H and O–H groups in total. The molecule has 16 heavy (non-hydrogen) atoms. The van der Waals surface area contributed by atoms with Crippen LogP contribution >= 0.6 is 0 Å². The largest absolute Gasteiger partial charge is 0.673 e. The summed E-state index contributed by atoms with van der Waals surface area (Å²) < 4.78 is 39.0. The molecule has 2 unspecified atom stereocenters. The quantitative estimate of drug-likeness (QED) is 0.580. The lowest BCUT2D eigenvalue weighted by Crippen LogP contribution is -3.14. The Hall–Kier alpha value is -0.295. The molecule has 1 heterocycles. The lowest BCUT2D eigenvalue weighted by atomic mass is 10.3. The Morgan fingerprint density at radius 3 is 2.12 bits per heavy atom. The number of hydrogen-bond acceptors (Lipinski definition) is 1. The van der Waals surface area contributed by atoms with Crippen LogP contribution in [0.3, 0.4) is 0 Å². The van der Waals surface area contributed by atoms with Crippen molar-refractivity contribution < 1.29 is 22.2 Å². The summed E-state index contributed by atoms with van der Waals surface area (Å²) in [5, 5.41) is 0. The molecule has 1 rings (SSSR count). The van der Waals surface area contributed by atoms with Gasteiger partial charge in [-0.25, -0.2) is 0 Å². The highest BCUT2D eigenvalue weighted by Gasteiger charge is 2.27. The minimum atomic E-state index is -6.00. The van der Waals surface area contributed by atoms with Gasteiger partial charge >= 0.3 is 7.25 Å². The maximum Gasteiger partial charge on any atom is 0.673 e. The molecule has 0 radical (unpaired) electrons. The zero-order valence-electron chi connectivity index (χ0n) is 10.1. The maximum atomic E-state index is 9.75. The molecule has 1 aliphatic heterocycles. The van der Waals surface area contributed by atoms with Gasteiger partial charge in [0.15, 0.2) is 0 Å². The average Bonchev–Trinajstić information content (AvgIpc) is 2.42. The molecule has 0 aromatic heterocycles. The Bertz CT molecular complexity index is 183. The monoisotopic (exact) mass is 244 g/mol. The summed E-state index contributed by atoms with van der Waals surface area (Å²) in [6.07, 6.45) is 3.47. The number of unbranched alkanes of at least 4 members (excludes halogenated alkanes) is 1. The zero-order valence-corrected chi connectivity index (χ0v) is 10.1. The first kappa shape index (κ1) is 15.7. The van der Waals surface area contributed by atoms with Gasteiger partial charge in [-0.15, -0.1) is 0 Å². The summed E-state index contributed by atoms with van der Waals surface area (Å²) in [5.41, 5.74) is 0. The Kier molecular flexibility index (Phi) is 6.98. The smallest absolute Gasteiger partial charge is 0.418 e. The molecule has 0 aromatic rings. The van der Waals surface area contributed by atoms with Gasteiger partial charge < -0.3 is 22.2 Å². The minimum Gasteiger partial charge on any atom is -0.418 e. The highest BCUT2D eigenvalue weighted by Crippen LogP contribution is 2.06. The van der Waals surface area contributed by atoms with Crippen molar-refractivity contribution in [3.8, 4) is 0 Å². The van der Waals surface area contributed by atoms with Crippen LogP contribution in [0.25, 0.3) is 0 Å². The van der Waals surface area contributed by atoms with Crippen LogP contribution in [0.5, 0.6) is 0 Å². The Morgan fingerprint density at radius 2 is 1.81 bits per heavy atom. The van der Waals surface area contributed by atoms with E-state index in [0.717, 1.165) is 6.17 Å². The van der Waals surface area contributed by atoms with E-state index in [4.69, 9.17) is 0 Å². The number of hydrogen-bond donors (Lipinski definition) is 1. The van der Waals surface area contributed by atoms with Crippen molar-refractivity contribution in [3.05, 3.63) is 0 Å². The summed E-state index contributed by atoms with van der Waals surface area (Å²) in [5.74, 6) is 0. The van der Waals surface area contributed by atoms with Crippen LogP contribution in [0, 0.1) is 0 Å². The number of quaternary nitrogens is 1. The standard InChI is InChI=1S/C9H20N2.BF4/c1-4-5-6-11-8-7-10(3)9(11)2;2-1(3,4)5/h9H,4-8H2,1-3H3;/q;-1/p+1. The van der Waals surface area contributed by atoms with Gasteiger partial charge in [0, 0.05) is 6.92 Å². The van der Waals surface area contributed by atoms with Crippen LogP contribution < -0.4 is 4.90 Å². The average molecular weight is 244 g/mol. The van der Waals surface area contributed by atoms with E-state index in [1.807, 2.05) is 0 Å². The van der Waals surface area contributed by atoms with Crippen LogP contribution in [-0.4, -0.2) is 45.0 Å². The van der Waals surface area contributed by atoms with Crippen molar-refractivity contribution >= 4 is 7.25 Å². The first-order valence-corrected chi connectivity index (χ1v) is 5.67. The van der Waals surface area contributed by atoms with Gasteiger partial charge in [-0.3, -0.25) is 4.90 Å². The molecule has 0 saturated carbocycles. The van der Waals surface area contributed by atoms with E-state index in [1.54, 1.807) is 4.90 Å². The molecule has 0 bridgehead atoms. The third kappa shape index (κ3) is 7.93. The third-order valence-corrected chi connectivity index (χ3v) is 2.89. The fourth-order valence-corrected chi connectivity index (χ4v) is 1.77. The predicted octanol–water partition coefficient (Wildman–Crippen LogP) is 1.26. The van der Waals surface area contributed by atoms with Gasteiger partial charge in [0.1, 0.15) is 6.17 Å². The fourth-order valence-electron chi connectivity index (χ4n) is 1.77. The second-order valence-corrected chi connectivity index (χ2v) is 4.16. The van der Waals surface area contributed by atoms with Gasteiger partial charge in [0.25, 0.3) is 0 Å². The highest BCUT2D eigenvalue weighted by molar-refractivity contribution is 6.50. The first-order valence-electron chi connectivity index (χ1n) is 5.67. The van der Waals surface area contributed by atoms with Crippen molar-refractivity contribution in [1.29, 1.82) is 0 Å². The van der Waals surface area contributed by atoms with Gasteiger partial charge in [0.05, 0.1) is 19.6 Å². The van der Waals surface area contributed by atoms with Gasteiger partial charge in [-0.05, 0) is 13.5 Å². The van der Waals surface area contributed by atoms with E-state index in [0.29, 0.717) is 0 Å². The molecule has 1 saturated heterocycles. The van der Waals surface area contributed by atoms with Crippen LogP contribution in [0.1, 0.15) is 26.7 Å².